The number of rotatable bonds is 8. The molecule has 8 nitrogen and oxygen atoms in total. The van der Waals surface area contributed by atoms with Crippen molar-refractivity contribution in [2.75, 3.05) is 23.1 Å². The van der Waals surface area contributed by atoms with Gasteiger partial charge in [0, 0.05) is 30.3 Å². The maximum absolute atomic E-state index is 13.9. The molecule has 3 aromatic carbocycles. The normalized spacial score (nSPS) is 15.2. The Morgan fingerprint density at radius 2 is 1.50 bits per heavy atom. The van der Waals surface area contributed by atoms with Crippen LogP contribution in [0.5, 0.6) is 0 Å². The van der Waals surface area contributed by atoms with Gasteiger partial charge in [0.1, 0.15) is 5.82 Å². The highest BCUT2D eigenvalue weighted by molar-refractivity contribution is 7.92. The summed E-state index contributed by atoms with van der Waals surface area (Å²) in [6, 6.07) is 17.2. The summed E-state index contributed by atoms with van der Waals surface area (Å²) in [4.78, 5) is 12.9. The van der Waals surface area contributed by atoms with Crippen molar-refractivity contribution in [3.63, 3.8) is 0 Å². The van der Waals surface area contributed by atoms with Gasteiger partial charge in [0.2, 0.25) is 15.9 Å². The van der Waals surface area contributed by atoms with Crippen LogP contribution >= 0.6 is 0 Å². The van der Waals surface area contributed by atoms with E-state index in [-0.39, 0.29) is 29.5 Å². The van der Waals surface area contributed by atoms with Gasteiger partial charge in [-0.25, -0.2) is 25.5 Å². The van der Waals surface area contributed by atoms with Gasteiger partial charge in [0.05, 0.1) is 16.3 Å². The Morgan fingerprint density at radius 3 is 2.11 bits per heavy atom. The first-order chi connectivity index (χ1) is 18.0. The maximum Gasteiger partial charge on any atom is 0.261 e. The maximum atomic E-state index is 13.9. The molecule has 38 heavy (non-hydrogen) atoms. The molecule has 202 valence electrons. The molecule has 11 heteroatoms. The molecule has 0 aromatic heterocycles. The van der Waals surface area contributed by atoms with E-state index in [1.54, 1.807) is 6.07 Å². The van der Waals surface area contributed by atoms with E-state index in [0.29, 0.717) is 24.2 Å². The van der Waals surface area contributed by atoms with Gasteiger partial charge in [0.25, 0.3) is 10.0 Å². The van der Waals surface area contributed by atoms with Crippen molar-refractivity contribution in [2.45, 2.75) is 37.3 Å². The Morgan fingerprint density at radius 1 is 0.895 bits per heavy atom. The van der Waals surface area contributed by atoms with Crippen LogP contribution in [0.15, 0.2) is 71.6 Å². The third kappa shape index (κ3) is 6.40. The summed E-state index contributed by atoms with van der Waals surface area (Å²) in [5, 5.41) is 2.79. The standard InChI is InChI=1S/C27H30FN3O5S2/c1-19-6-5-7-20(2)26(19)30-38(35,36)24-12-10-23(11-13-24)29-27(32)21-14-16-31(17-15-21)37(33,34)18-22-8-3-4-9-25(22)28/h3-13,21,30H,14-18H2,1-2H3,(H,29,32). The summed E-state index contributed by atoms with van der Waals surface area (Å²) < 4.78 is 69.0. The number of amides is 1. The summed E-state index contributed by atoms with van der Waals surface area (Å²) in [7, 11) is -7.53. The number of hydrogen-bond donors (Lipinski definition) is 2. The predicted molar refractivity (Wildman–Crippen MR) is 145 cm³/mol. The molecule has 0 saturated carbocycles. The monoisotopic (exact) mass is 559 g/mol. The number of hydrogen-bond acceptors (Lipinski definition) is 5. The average Bonchev–Trinajstić information content (AvgIpc) is 2.88. The SMILES string of the molecule is Cc1cccc(C)c1NS(=O)(=O)c1ccc(NC(=O)C2CCN(S(=O)(=O)Cc3ccccc3F)CC2)cc1. The number of para-hydroxylation sites is 1. The average molecular weight is 560 g/mol. The van der Waals surface area contributed by atoms with E-state index in [1.165, 1.54) is 46.8 Å². The van der Waals surface area contributed by atoms with Gasteiger partial charge in [-0.2, -0.15) is 0 Å². The van der Waals surface area contributed by atoms with Crippen LogP contribution in [0.2, 0.25) is 0 Å². The van der Waals surface area contributed by atoms with Gasteiger partial charge in [-0.05, 0) is 68.1 Å². The number of nitrogens with one attached hydrogen (secondary N) is 2. The van der Waals surface area contributed by atoms with Gasteiger partial charge in [0.15, 0.2) is 0 Å². The van der Waals surface area contributed by atoms with Crippen LogP contribution in [0.25, 0.3) is 0 Å². The Labute approximate surface area is 223 Å². The minimum atomic E-state index is -3.82. The van der Waals surface area contributed by atoms with Gasteiger partial charge < -0.3 is 5.32 Å². The van der Waals surface area contributed by atoms with E-state index in [0.717, 1.165) is 11.1 Å². The number of carbonyl (C=O) groups excluding carboxylic acids is 1. The molecule has 0 atom stereocenters. The third-order valence-electron chi connectivity index (χ3n) is 6.66. The zero-order valence-electron chi connectivity index (χ0n) is 21.1. The number of piperidine rings is 1. The van der Waals surface area contributed by atoms with Crippen LogP contribution in [-0.4, -0.2) is 40.1 Å². The molecule has 0 aliphatic carbocycles. The molecule has 1 aliphatic heterocycles. The Hall–Kier alpha value is -3.28. The number of nitrogens with zero attached hydrogens (tertiary/aromatic N) is 1. The van der Waals surface area contributed by atoms with Crippen molar-refractivity contribution in [3.8, 4) is 0 Å². The largest absolute Gasteiger partial charge is 0.326 e. The number of sulfonamides is 2. The van der Waals surface area contributed by atoms with Crippen molar-refractivity contribution < 1.29 is 26.0 Å². The van der Waals surface area contributed by atoms with Gasteiger partial charge in [-0.15, -0.1) is 0 Å². The highest BCUT2D eigenvalue weighted by atomic mass is 32.2. The molecular formula is C27H30FN3O5S2. The van der Waals surface area contributed by atoms with E-state index >= 15 is 0 Å². The summed E-state index contributed by atoms with van der Waals surface area (Å²) in [5.41, 5.74) is 2.71. The van der Waals surface area contributed by atoms with Crippen LogP contribution in [0.1, 0.15) is 29.5 Å². The van der Waals surface area contributed by atoms with Gasteiger partial charge in [-0.1, -0.05) is 36.4 Å². The lowest BCUT2D eigenvalue weighted by Gasteiger charge is -2.30. The van der Waals surface area contributed by atoms with Gasteiger partial charge in [-0.3, -0.25) is 9.52 Å². The van der Waals surface area contributed by atoms with Crippen molar-refractivity contribution in [3.05, 3.63) is 89.2 Å². The van der Waals surface area contributed by atoms with E-state index in [9.17, 15) is 26.0 Å². The minimum absolute atomic E-state index is 0.0616. The van der Waals surface area contributed by atoms with Crippen molar-refractivity contribution >= 4 is 37.3 Å². The van der Waals surface area contributed by atoms with Crippen molar-refractivity contribution in [1.82, 2.24) is 4.31 Å². The quantitative estimate of drug-likeness (QED) is 0.424. The Balaban J connectivity index is 1.34. The molecule has 3 aromatic rings. The second kappa shape index (κ2) is 11.2. The summed E-state index contributed by atoms with van der Waals surface area (Å²) in [6.45, 7) is 3.98. The van der Waals surface area contributed by atoms with Crippen LogP contribution in [0.4, 0.5) is 15.8 Å². The smallest absolute Gasteiger partial charge is 0.261 e. The second-order valence-electron chi connectivity index (χ2n) is 9.41. The van der Waals surface area contributed by atoms with E-state index in [4.69, 9.17) is 0 Å². The molecule has 0 spiro atoms. The molecular weight excluding hydrogens is 529 g/mol. The Kier molecular flexibility index (Phi) is 8.19. The third-order valence-corrected chi connectivity index (χ3v) is 9.86. The molecule has 4 rings (SSSR count). The number of carbonyl (C=O) groups is 1. The molecule has 1 heterocycles. The highest BCUT2D eigenvalue weighted by Gasteiger charge is 2.31. The fourth-order valence-electron chi connectivity index (χ4n) is 4.43. The van der Waals surface area contributed by atoms with Crippen LogP contribution in [0, 0.1) is 25.6 Å². The van der Waals surface area contributed by atoms with Crippen LogP contribution in [0.3, 0.4) is 0 Å². The predicted octanol–water partition coefficient (Wildman–Crippen LogP) is 4.42. The Bertz CT molecular complexity index is 1510. The van der Waals surface area contributed by atoms with E-state index in [1.807, 2.05) is 32.0 Å². The van der Waals surface area contributed by atoms with Crippen LogP contribution in [-0.2, 0) is 30.6 Å². The number of halogens is 1. The van der Waals surface area contributed by atoms with E-state index < -0.39 is 37.5 Å². The topological polar surface area (TPSA) is 113 Å². The first-order valence-corrected chi connectivity index (χ1v) is 15.3. The van der Waals surface area contributed by atoms with Crippen molar-refractivity contribution in [1.29, 1.82) is 0 Å². The summed E-state index contributed by atoms with van der Waals surface area (Å²) in [5.74, 6) is -1.65. The van der Waals surface area contributed by atoms with E-state index in [2.05, 4.69) is 10.0 Å². The lowest BCUT2D eigenvalue weighted by atomic mass is 9.97. The first kappa shape index (κ1) is 27.7. The number of benzene rings is 3. The second-order valence-corrected chi connectivity index (χ2v) is 13.1. The molecule has 1 fully saturated rings. The fraction of sp³-hybridized carbons (Fsp3) is 0.296. The summed E-state index contributed by atoms with van der Waals surface area (Å²) >= 11 is 0. The molecule has 1 saturated heterocycles. The molecule has 1 amide bonds. The molecule has 0 unspecified atom stereocenters. The lowest BCUT2D eigenvalue weighted by Crippen LogP contribution is -2.42. The fourth-order valence-corrected chi connectivity index (χ4v) is 7.21. The van der Waals surface area contributed by atoms with Gasteiger partial charge >= 0.3 is 0 Å². The first-order valence-electron chi connectivity index (χ1n) is 12.2. The summed E-state index contributed by atoms with van der Waals surface area (Å²) in [6.07, 6.45) is 0.656. The molecule has 1 aliphatic rings. The van der Waals surface area contributed by atoms with Crippen LogP contribution < -0.4 is 10.0 Å². The minimum Gasteiger partial charge on any atom is -0.326 e. The molecule has 2 N–H and O–H groups in total. The molecule has 0 bridgehead atoms. The van der Waals surface area contributed by atoms with Crippen molar-refractivity contribution in [2.24, 2.45) is 5.92 Å². The highest BCUT2D eigenvalue weighted by Crippen LogP contribution is 2.26. The number of anilines is 2. The zero-order valence-corrected chi connectivity index (χ0v) is 22.8. The lowest BCUT2D eigenvalue weighted by molar-refractivity contribution is -0.120. The molecule has 0 radical (unpaired) electrons. The number of aryl methyl sites for hydroxylation is 2. The zero-order chi connectivity index (χ0) is 27.5.